The molecule has 0 bridgehead atoms. The molecular formula is C19H16FNO4. The Labute approximate surface area is 144 Å². The normalized spacial score (nSPS) is 10.5. The molecule has 0 fully saturated rings. The Morgan fingerprint density at radius 3 is 2.64 bits per heavy atom. The van der Waals surface area contributed by atoms with Gasteiger partial charge in [-0.3, -0.25) is 0 Å². The second kappa shape index (κ2) is 7.61. The van der Waals surface area contributed by atoms with Crippen molar-refractivity contribution in [2.45, 2.75) is 13.5 Å². The van der Waals surface area contributed by atoms with Crippen LogP contribution in [0.3, 0.4) is 0 Å². The first-order valence-corrected chi connectivity index (χ1v) is 7.78. The molecule has 2 aromatic carbocycles. The van der Waals surface area contributed by atoms with E-state index in [1.165, 1.54) is 6.07 Å². The van der Waals surface area contributed by atoms with E-state index in [1.54, 1.807) is 48.5 Å². The van der Waals surface area contributed by atoms with Crippen LogP contribution in [0, 0.1) is 5.82 Å². The molecule has 6 heteroatoms. The molecule has 0 amide bonds. The van der Waals surface area contributed by atoms with Gasteiger partial charge in [0.15, 0.2) is 5.76 Å². The van der Waals surface area contributed by atoms with Gasteiger partial charge in [0.05, 0.1) is 17.7 Å². The standard InChI is InChI=1S/C19H16FNO4/c1-2-23-15-9-7-13(8-10-15)19(22)24-12-14-11-18(25-21-14)16-5-3-4-6-17(16)20/h3-11H,2,12H2,1H3. The molecule has 3 aromatic rings. The van der Waals surface area contributed by atoms with E-state index in [9.17, 15) is 9.18 Å². The lowest BCUT2D eigenvalue weighted by atomic mass is 10.1. The molecule has 5 nitrogen and oxygen atoms in total. The van der Waals surface area contributed by atoms with Gasteiger partial charge in [-0.1, -0.05) is 17.3 Å². The molecule has 0 aliphatic rings. The molecule has 1 aromatic heterocycles. The van der Waals surface area contributed by atoms with Crippen molar-refractivity contribution in [1.29, 1.82) is 0 Å². The molecule has 128 valence electrons. The summed E-state index contributed by atoms with van der Waals surface area (Å²) in [6.07, 6.45) is 0. The molecule has 0 aliphatic heterocycles. The van der Waals surface area contributed by atoms with Crippen molar-refractivity contribution in [2.24, 2.45) is 0 Å². The lowest BCUT2D eigenvalue weighted by molar-refractivity contribution is 0.0464. The van der Waals surface area contributed by atoms with Crippen LogP contribution in [0.5, 0.6) is 5.75 Å². The Morgan fingerprint density at radius 1 is 1.16 bits per heavy atom. The summed E-state index contributed by atoms with van der Waals surface area (Å²) in [4.78, 5) is 12.0. The summed E-state index contributed by atoms with van der Waals surface area (Å²) in [7, 11) is 0. The van der Waals surface area contributed by atoms with Gasteiger partial charge >= 0.3 is 5.97 Å². The van der Waals surface area contributed by atoms with Crippen molar-refractivity contribution in [2.75, 3.05) is 6.61 Å². The number of hydrogen-bond acceptors (Lipinski definition) is 5. The molecule has 0 atom stereocenters. The molecule has 0 N–H and O–H groups in total. The van der Waals surface area contributed by atoms with Gasteiger partial charge in [0, 0.05) is 6.07 Å². The predicted molar refractivity (Wildman–Crippen MR) is 88.6 cm³/mol. The predicted octanol–water partition coefficient (Wildman–Crippen LogP) is 4.24. The van der Waals surface area contributed by atoms with E-state index >= 15 is 0 Å². The molecule has 25 heavy (non-hydrogen) atoms. The van der Waals surface area contributed by atoms with Gasteiger partial charge in [0.25, 0.3) is 0 Å². The number of halogens is 1. The number of nitrogens with zero attached hydrogens (tertiary/aromatic N) is 1. The highest BCUT2D eigenvalue weighted by Gasteiger charge is 2.13. The van der Waals surface area contributed by atoms with E-state index in [1.807, 2.05) is 6.92 Å². The number of carbonyl (C=O) groups is 1. The van der Waals surface area contributed by atoms with Crippen molar-refractivity contribution >= 4 is 5.97 Å². The zero-order valence-corrected chi connectivity index (χ0v) is 13.6. The maximum Gasteiger partial charge on any atom is 0.338 e. The van der Waals surface area contributed by atoms with Gasteiger partial charge < -0.3 is 14.0 Å². The number of ether oxygens (including phenoxy) is 2. The Hall–Kier alpha value is -3.15. The van der Waals surface area contributed by atoms with Gasteiger partial charge in [-0.15, -0.1) is 0 Å². The first kappa shape index (κ1) is 16.7. The highest BCUT2D eigenvalue weighted by Crippen LogP contribution is 2.23. The highest BCUT2D eigenvalue weighted by molar-refractivity contribution is 5.89. The topological polar surface area (TPSA) is 61.6 Å². The molecule has 0 unspecified atom stereocenters. The molecule has 0 radical (unpaired) electrons. The summed E-state index contributed by atoms with van der Waals surface area (Å²) < 4.78 is 29.4. The van der Waals surface area contributed by atoms with E-state index in [2.05, 4.69) is 5.16 Å². The number of aromatic nitrogens is 1. The lowest BCUT2D eigenvalue weighted by Crippen LogP contribution is -2.05. The maximum absolute atomic E-state index is 13.7. The fraction of sp³-hybridized carbons (Fsp3) is 0.158. The largest absolute Gasteiger partial charge is 0.494 e. The number of esters is 1. The van der Waals surface area contributed by atoms with Crippen LogP contribution in [0.1, 0.15) is 23.0 Å². The summed E-state index contributed by atoms with van der Waals surface area (Å²) >= 11 is 0. The summed E-state index contributed by atoms with van der Waals surface area (Å²) in [5, 5.41) is 3.80. The first-order chi connectivity index (χ1) is 12.2. The van der Waals surface area contributed by atoms with Gasteiger partial charge in [0.1, 0.15) is 23.9 Å². The molecule has 3 rings (SSSR count). The Morgan fingerprint density at radius 2 is 1.92 bits per heavy atom. The number of benzene rings is 2. The summed E-state index contributed by atoms with van der Waals surface area (Å²) in [6.45, 7) is 2.37. The van der Waals surface area contributed by atoms with Crippen molar-refractivity contribution in [3.8, 4) is 17.1 Å². The number of rotatable bonds is 6. The smallest absolute Gasteiger partial charge is 0.338 e. The Balaban J connectivity index is 1.62. The fourth-order valence-corrected chi connectivity index (χ4v) is 2.24. The van der Waals surface area contributed by atoms with E-state index in [4.69, 9.17) is 14.0 Å². The zero-order chi connectivity index (χ0) is 17.6. The van der Waals surface area contributed by atoms with Crippen molar-refractivity contribution < 1.29 is 23.2 Å². The van der Waals surface area contributed by atoms with Gasteiger partial charge in [-0.05, 0) is 43.3 Å². The second-order valence-corrected chi connectivity index (χ2v) is 5.20. The number of carbonyl (C=O) groups excluding carboxylic acids is 1. The third kappa shape index (κ3) is 4.03. The van der Waals surface area contributed by atoms with Gasteiger partial charge in [-0.2, -0.15) is 0 Å². The summed E-state index contributed by atoms with van der Waals surface area (Å²) in [6, 6.07) is 14.4. The average Bonchev–Trinajstić information content (AvgIpc) is 3.10. The second-order valence-electron chi connectivity index (χ2n) is 5.20. The zero-order valence-electron chi connectivity index (χ0n) is 13.6. The van der Waals surface area contributed by atoms with Gasteiger partial charge in [-0.25, -0.2) is 9.18 Å². The minimum atomic E-state index is -0.488. The molecule has 0 saturated heterocycles. The quantitative estimate of drug-likeness (QED) is 0.628. The van der Waals surface area contributed by atoms with Crippen LogP contribution in [0.25, 0.3) is 11.3 Å². The van der Waals surface area contributed by atoms with Crippen LogP contribution in [0.2, 0.25) is 0 Å². The van der Waals surface area contributed by atoms with Crippen molar-refractivity contribution in [3.63, 3.8) is 0 Å². The molecule has 0 aliphatic carbocycles. The van der Waals surface area contributed by atoms with Crippen molar-refractivity contribution in [3.05, 3.63) is 71.7 Å². The summed E-state index contributed by atoms with van der Waals surface area (Å²) in [5.41, 5.74) is 1.11. The van der Waals surface area contributed by atoms with Crippen LogP contribution in [0.15, 0.2) is 59.1 Å². The molecule has 0 spiro atoms. The van der Waals surface area contributed by atoms with Gasteiger partial charge in [0.2, 0.25) is 0 Å². The van der Waals surface area contributed by atoms with Crippen LogP contribution in [-0.2, 0) is 11.3 Å². The molecule has 0 saturated carbocycles. The third-order valence-corrected chi connectivity index (χ3v) is 3.45. The Bertz CT molecular complexity index is 858. The fourth-order valence-electron chi connectivity index (χ4n) is 2.24. The van der Waals surface area contributed by atoms with Crippen molar-refractivity contribution in [1.82, 2.24) is 5.16 Å². The SMILES string of the molecule is CCOc1ccc(C(=O)OCc2cc(-c3ccccc3F)on2)cc1. The Kier molecular flexibility index (Phi) is 5.09. The monoisotopic (exact) mass is 341 g/mol. The van der Waals surface area contributed by atoms with E-state index in [0.717, 1.165) is 0 Å². The van der Waals surface area contributed by atoms with E-state index < -0.39 is 11.8 Å². The highest BCUT2D eigenvalue weighted by atomic mass is 19.1. The lowest BCUT2D eigenvalue weighted by Gasteiger charge is -2.05. The van der Waals surface area contributed by atoms with Crippen LogP contribution in [0.4, 0.5) is 4.39 Å². The minimum Gasteiger partial charge on any atom is -0.494 e. The summed E-state index contributed by atoms with van der Waals surface area (Å²) in [5.74, 6) is 0.0744. The first-order valence-electron chi connectivity index (χ1n) is 7.78. The van der Waals surface area contributed by atoms with E-state index in [0.29, 0.717) is 29.2 Å². The third-order valence-electron chi connectivity index (χ3n) is 3.45. The minimum absolute atomic E-state index is 0.0655. The van der Waals surface area contributed by atoms with Crippen LogP contribution >= 0.6 is 0 Å². The average molecular weight is 341 g/mol. The van der Waals surface area contributed by atoms with Crippen LogP contribution < -0.4 is 4.74 Å². The van der Waals surface area contributed by atoms with Crippen LogP contribution in [-0.4, -0.2) is 17.7 Å². The maximum atomic E-state index is 13.7. The molecular weight excluding hydrogens is 325 g/mol. The number of hydrogen-bond donors (Lipinski definition) is 0. The van der Waals surface area contributed by atoms with E-state index in [-0.39, 0.29) is 12.4 Å². The molecule has 1 heterocycles.